The van der Waals surface area contributed by atoms with Gasteiger partial charge in [-0.2, -0.15) is 5.10 Å². The molecule has 0 saturated heterocycles. The highest BCUT2D eigenvalue weighted by Crippen LogP contribution is 2.22. The van der Waals surface area contributed by atoms with Gasteiger partial charge < -0.3 is 15.5 Å². The van der Waals surface area contributed by atoms with E-state index in [1.807, 2.05) is 18.3 Å². The van der Waals surface area contributed by atoms with Gasteiger partial charge in [0.05, 0.1) is 6.20 Å². The number of hydrogen-bond acceptors (Lipinski definition) is 5. The Morgan fingerprint density at radius 3 is 3.23 bits per heavy atom. The first-order valence-electron chi connectivity index (χ1n) is 7.18. The lowest BCUT2D eigenvalue weighted by Gasteiger charge is -2.05. The number of carbonyl (C=O) groups excluding carboxylic acids is 1. The summed E-state index contributed by atoms with van der Waals surface area (Å²) < 4.78 is 7.34. The summed E-state index contributed by atoms with van der Waals surface area (Å²) in [6.07, 6.45) is 4.17. The van der Waals surface area contributed by atoms with Crippen LogP contribution in [0.15, 0.2) is 28.8 Å². The number of nitrogens with one attached hydrogen (secondary N) is 1. The molecule has 0 bridgehead atoms. The SMILES string of the molecule is NC(=O)c1nc2cc(NCc3cnn4c3CCC4)ccc2o1. The zero-order valence-corrected chi connectivity index (χ0v) is 11.9. The van der Waals surface area contributed by atoms with E-state index in [-0.39, 0.29) is 5.89 Å². The summed E-state index contributed by atoms with van der Waals surface area (Å²) in [5.74, 6) is -0.734. The van der Waals surface area contributed by atoms with Gasteiger partial charge in [0, 0.05) is 30.0 Å². The molecule has 0 radical (unpaired) electrons. The van der Waals surface area contributed by atoms with Crippen LogP contribution >= 0.6 is 0 Å². The van der Waals surface area contributed by atoms with E-state index in [9.17, 15) is 4.79 Å². The summed E-state index contributed by atoms with van der Waals surface area (Å²) >= 11 is 0. The molecule has 0 atom stereocenters. The molecule has 3 heterocycles. The smallest absolute Gasteiger partial charge is 0.304 e. The van der Waals surface area contributed by atoms with Crippen LogP contribution < -0.4 is 11.1 Å². The number of amides is 1. The predicted octanol–water partition coefficient (Wildman–Crippen LogP) is 1.68. The number of benzene rings is 1. The fraction of sp³-hybridized carbons (Fsp3) is 0.267. The first-order valence-corrected chi connectivity index (χ1v) is 7.18. The fourth-order valence-corrected chi connectivity index (χ4v) is 2.82. The third kappa shape index (κ3) is 2.11. The number of aryl methyl sites for hydroxylation is 1. The number of fused-ring (bicyclic) bond motifs is 2. The number of primary amides is 1. The molecule has 0 fully saturated rings. The molecular weight excluding hydrogens is 282 g/mol. The van der Waals surface area contributed by atoms with E-state index in [2.05, 4.69) is 20.1 Å². The Bertz CT molecular complexity index is 864. The number of carbonyl (C=O) groups is 1. The van der Waals surface area contributed by atoms with Crippen LogP contribution in [0.5, 0.6) is 0 Å². The van der Waals surface area contributed by atoms with Crippen molar-refractivity contribution in [1.29, 1.82) is 0 Å². The van der Waals surface area contributed by atoms with Crippen LogP contribution in [0.25, 0.3) is 11.1 Å². The van der Waals surface area contributed by atoms with Gasteiger partial charge in [0.25, 0.3) is 5.89 Å². The van der Waals surface area contributed by atoms with Crippen molar-refractivity contribution in [2.24, 2.45) is 5.73 Å². The van der Waals surface area contributed by atoms with E-state index < -0.39 is 5.91 Å². The Morgan fingerprint density at radius 1 is 1.45 bits per heavy atom. The van der Waals surface area contributed by atoms with Crippen molar-refractivity contribution in [3.63, 3.8) is 0 Å². The van der Waals surface area contributed by atoms with Crippen molar-refractivity contribution in [2.75, 3.05) is 5.32 Å². The average Bonchev–Trinajstić information content (AvgIpc) is 3.19. The van der Waals surface area contributed by atoms with Crippen molar-refractivity contribution in [3.8, 4) is 0 Å². The molecule has 4 rings (SSSR count). The van der Waals surface area contributed by atoms with Gasteiger partial charge in [0.15, 0.2) is 5.58 Å². The molecule has 2 aromatic heterocycles. The predicted molar refractivity (Wildman–Crippen MR) is 80.4 cm³/mol. The molecule has 1 aromatic carbocycles. The zero-order valence-electron chi connectivity index (χ0n) is 11.9. The topological polar surface area (TPSA) is 99.0 Å². The molecule has 0 saturated carbocycles. The van der Waals surface area contributed by atoms with Crippen LogP contribution in [0.2, 0.25) is 0 Å². The van der Waals surface area contributed by atoms with E-state index >= 15 is 0 Å². The average molecular weight is 297 g/mol. The summed E-state index contributed by atoms with van der Waals surface area (Å²) in [5.41, 5.74) is 9.77. The molecule has 0 spiro atoms. The van der Waals surface area contributed by atoms with Crippen molar-refractivity contribution < 1.29 is 9.21 Å². The third-order valence-electron chi connectivity index (χ3n) is 3.90. The van der Waals surface area contributed by atoms with E-state index in [1.54, 1.807) is 6.07 Å². The second-order valence-electron chi connectivity index (χ2n) is 5.36. The lowest BCUT2D eigenvalue weighted by atomic mass is 10.2. The standard InChI is InChI=1S/C15H15N5O2/c16-14(21)15-19-11-6-10(3-4-13(11)22-15)17-7-9-8-18-20-5-1-2-12(9)20/h3-4,6,8,17H,1-2,5,7H2,(H2,16,21). The zero-order chi connectivity index (χ0) is 15.1. The van der Waals surface area contributed by atoms with Crippen LogP contribution in [-0.2, 0) is 19.5 Å². The van der Waals surface area contributed by atoms with Gasteiger partial charge in [-0.15, -0.1) is 0 Å². The van der Waals surface area contributed by atoms with Gasteiger partial charge in [-0.3, -0.25) is 9.48 Å². The quantitative estimate of drug-likeness (QED) is 0.763. The van der Waals surface area contributed by atoms with E-state index in [0.29, 0.717) is 17.6 Å². The molecule has 112 valence electrons. The van der Waals surface area contributed by atoms with Gasteiger partial charge in [-0.25, -0.2) is 4.98 Å². The Labute approximate surface area is 126 Å². The highest BCUT2D eigenvalue weighted by molar-refractivity contribution is 5.91. The van der Waals surface area contributed by atoms with E-state index in [1.165, 1.54) is 11.3 Å². The van der Waals surface area contributed by atoms with E-state index in [4.69, 9.17) is 10.2 Å². The maximum absolute atomic E-state index is 11.1. The number of anilines is 1. The molecule has 3 aromatic rings. The lowest BCUT2D eigenvalue weighted by molar-refractivity contribution is 0.0969. The number of hydrogen-bond donors (Lipinski definition) is 2. The molecule has 1 amide bonds. The van der Waals surface area contributed by atoms with Crippen molar-refractivity contribution >= 4 is 22.7 Å². The molecule has 22 heavy (non-hydrogen) atoms. The van der Waals surface area contributed by atoms with Gasteiger partial charge in [-0.1, -0.05) is 0 Å². The van der Waals surface area contributed by atoms with Crippen LogP contribution in [-0.4, -0.2) is 20.7 Å². The summed E-state index contributed by atoms with van der Waals surface area (Å²) in [6, 6.07) is 5.51. The van der Waals surface area contributed by atoms with Crippen LogP contribution in [0.3, 0.4) is 0 Å². The summed E-state index contributed by atoms with van der Waals surface area (Å²) in [4.78, 5) is 15.2. The highest BCUT2D eigenvalue weighted by Gasteiger charge is 2.16. The summed E-state index contributed by atoms with van der Waals surface area (Å²) in [5, 5.41) is 7.74. The minimum Gasteiger partial charge on any atom is -0.432 e. The minimum absolute atomic E-state index is 0.0680. The summed E-state index contributed by atoms with van der Waals surface area (Å²) in [7, 11) is 0. The van der Waals surface area contributed by atoms with Crippen LogP contribution in [0, 0.1) is 0 Å². The Hall–Kier alpha value is -2.83. The number of nitrogens with zero attached hydrogens (tertiary/aromatic N) is 3. The number of oxazole rings is 1. The Kier molecular flexibility index (Phi) is 2.85. The van der Waals surface area contributed by atoms with Crippen LogP contribution in [0.4, 0.5) is 5.69 Å². The normalized spacial score (nSPS) is 13.5. The number of nitrogens with two attached hydrogens (primary N) is 1. The molecule has 1 aliphatic rings. The van der Waals surface area contributed by atoms with Crippen molar-refractivity contribution in [1.82, 2.24) is 14.8 Å². The first-order chi connectivity index (χ1) is 10.7. The second kappa shape index (κ2) is 4.87. The monoisotopic (exact) mass is 297 g/mol. The molecule has 3 N–H and O–H groups in total. The van der Waals surface area contributed by atoms with Crippen molar-refractivity contribution in [2.45, 2.75) is 25.9 Å². The molecular formula is C15H15N5O2. The Morgan fingerprint density at radius 2 is 2.36 bits per heavy atom. The van der Waals surface area contributed by atoms with Gasteiger partial charge in [0.1, 0.15) is 5.52 Å². The number of aromatic nitrogens is 3. The van der Waals surface area contributed by atoms with Crippen LogP contribution in [0.1, 0.15) is 28.4 Å². The number of rotatable bonds is 4. The molecule has 1 aliphatic heterocycles. The van der Waals surface area contributed by atoms with Gasteiger partial charge in [0.2, 0.25) is 0 Å². The highest BCUT2D eigenvalue weighted by atomic mass is 16.4. The first kappa shape index (κ1) is 12.9. The maximum atomic E-state index is 11.1. The Balaban J connectivity index is 1.55. The molecule has 0 aliphatic carbocycles. The summed E-state index contributed by atoms with van der Waals surface area (Å²) in [6.45, 7) is 1.72. The van der Waals surface area contributed by atoms with Gasteiger partial charge in [-0.05, 0) is 31.0 Å². The fourth-order valence-electron chi connectivity index (χ4n) is 2.82. The second-order valence-corrected chi connectivity index (χ2v) is 5.36. The molecule has 7 heteroatoms. The lowest BCUT2D eigenvalue weighted by Crippen LogP contribution is -2.10. The minimum atomic E-state index is -0.666. The molecule has 7 nitrogen and oxygen atoms in total. The largest absolute Gasteiger partial charge is 0.432 e. The third-order valence-corrected chi connectivity index (χ3v) is 3.90. The van der Waals surface area contributed by atoms with Crippen molar-refractivity contribution in [3.05, 3.63) is 41.5 Å². The maximum Gasteiger partial charge on any atom is 0.304 e. The molecule has 0 unspecified atom stereocenters. The van der Waals surface area contributed by atoms with E-state index in [0.717, 1.165) is 25.1 Å². The van der Waals surface area contributed by atoms with Gasteiger partial charge >= 0.3 is 5.91 Å².